The van der Waals surface area contributed by atoms with Gasteiger partial charge in [-0.2, -0.15) is 5.10 Å². The van der Waals surface area contributed by atoms with Gasteiger partial charge >= 0.3 is 11.8 Å². The van der Waals surface area contributed by atoms with Crippen LogP contribution in [0.1, 0.15) is 5.56 Å². The Kier molecular flexibility index (Phi) is 6.85. The molecule has 0 spiro atoms. The molecule has 25 heavy (non-hydrogen) atoms. The number of hydrogen-bond donors (Lipinski definition) is 2. The number of hydrazone groups is 1. The topological polar surface area (TPSA) is 79.8 Å². The van der Waals surface area contributed by atoms with Crippen LogP contribution in [0.2, 0.25) is 5.02 Å². The van der Waals surface area contributed by atoms with Gasteiger partial charge in [0.2, 0.25) is 0 Å². The van der Waals surface area contributed by atoms with Crippen molar-refractivity contribution < 1.29 is 14.3 Å². The van der Waals surface area contributed by atoms with Gasteiger partial charge in [-0.1, -0.05) is 23.7 Å². The minimum absolute atomic E-state index is 0.326. The number of amides is 2. The molecule has 0 heterocycles. The minimum atomic E-state index is -0.885. The highest BCUT2D eigenvalue weighted by Gasteiger charge is 2.13. The third-order valence-corrected chi connectivity index (χ3v) is 4.15. The van der Waals surface area contributed by atoms with Gasteiger partial charge in [-0.25, -0.2) is 5.43 Å². The zero-order chi connectivity index (χ0) is 18.2. The van der Waals surface area contributed by atoms with Crippen molar-refractivity contribution in [1.29, 1.82) is 0 Å². The smallest absolute Gasteiger partial charge is 0.329 e. The molecule has 0 aromatic heterocycles. The highest BCUT2D eigenvalue weighted by atomic mass is 35.5. The minimum Gasteiger partial charge on any atom is -0.495 e. The molecule has 6 nitrogen and oxygen atoms in total. The Morgan fingerprint density at radius 1 is 1.16 bits per heavy atom. The molecule has 0 aliphatic heterocycles. The first kappa shape index (κ1) is 18.8. The number of nitrogens with zero attached hydrogens (tertiary/aromatic N) is 1. The number of methoxy groups -OCH3 is 1. The van der Waals surface area contributed by atoms with Crippen molar-refractivity contribution >= 4 is 47.1 Å². The van der Waals surface area contributed by atoms with E-state index < -0.39 is 11.8 Å². The van der Waals surface area contributed by atoms with Crippen LogP contribution < -0.4 is 15.5 Å². The van der Waals surface area contributed by atoms with Crippen molar-refractivity contribution in [3.63, 3.8) is 0 Å². The van der Waals surface area contributed by atoms with Crippen LogP contribution in [-0.2, 0) is 9.59 Å². The molecule has 0 radical (unpaired) electrons. The Labute approximate surface area is 154 Å². The number of thioether (sulfide) groups is 1. The Balaban J connectivity index is 1.90. The van der Waals surface area contributed by atoms with Gasteiger partial charge in [0.25, 0.3) is 0 Å². The Morgan fingerprint density at radius 2 is 1.88 bits per heavy atom. The van der Waals surface area contributed by atoms with Gasteiger partial charge in [0.05, 0.1) is 18.3 Å². The van der Waals surface area contributed by atoms with Crippen LogP contribution in [0.4, 0.5) is 5.69 Å². The summed E-state index contributed by atoms with van der Waals surface area (Å²) in [7, 11) is 1.49. The van der Waals surface area contributed by atoms with Crippen LogP contribution in [0.25, 0.3) is 0 Å². The number of carbonyl (C=O) groups excluding carboxylic acids is 2. The average molecular weight is 378 g/mol. The lowest BCUT2D eigenvalue weighted by molar-refractivity contribution is -0.136. The summed E-state index contributed by atoms with van der Waals surface area (Å²) >= 11 is 7.59. The summed E-state index contributed by atoms with van der Waals surface area (Å²) in [5.41, 5.74) is 3.36. The van der Waals surface area contributed by atoms with E-state index in [4.69, 9.17) is 16.3 Å². The third-order valence-electron chi connectivity index (χ3n) is 3.11. The average Bonchev–Trinajstić information content (AvgIpc) is 2.62. The monoisotopic (exact) mass is 377 g/mol. The van der Waals surface area contributed by atoms with Crippen LogP contribution >= 0.6 is 23.4 Å². The van der Waals surface area contributed by atoms with E-state index in [1.54, 1.807) is 23.9 Å². The summed E-state index contributed by atoms with van der Waals surface area (Å²) in [5.74, 6) is -1.26. The molecule has 0 atom stereocenters. The molecular formula is C17H16ClN3O3S. The summed E-state index contributed by atoms with van der Waals surface area (Å²) in [6.07, 6.45) is 3.44. The molecule has 0 aliphatic rings. The summed E-state index contributed by atoms with van der Waals surface area (Å²) in [4.78, 5) is 24.7. The van der Waals surface area contributed by atoms with Crippen molar-refractivity contribution in [3.8, 4) is 5.75 Å². The van der Waals surface area contributed by atoms with Gasteiger partial charge < -0.3 is 10.1 Å². The van der Waals surface area contributed by atoms with Gasteiger partial charge in [-0.15, -0.1) is 11.8 Å². The van der Waals surface area contributed by atoms with E-state index in [1.807, 2.05) is 30.5 Å². The second kappa shape index (κ2) is 9.10. The summed E-state index contributed by atoms with van der Waals surface area (Å²) in [6.45, 7) is 0. The number of hydrogen-bond acceptors (Lipinski definition) is 5. The van der Waals surface area contributed by atoms with E-state index in [-0.39, 0.29) is 0 Å². The predicted octanol–water partition coefficient (Wildman–Crippen LogP) is 3.16. The van der Waals surface area contributed by atoms with E-state index in [0.29, 0.717) is 16.5 Å². The number of benzene rings is 2. The number of halogens is 1. The third kappa shape index (κ3) is 5.51. The van der Waals surface area contributed by atoms with E-state index in [0.717, 1.165) is 10.5 Å². The predicted molar refractivity (Wildman–Crippen MR) is 101 cm³/mol. The lowest BCUT2D eigenvalue weighted by Crippen LogP contribution is -2.32. The fourth-order valence-electron chi connectivity index (χ4n) is 1.84. The van der Waals surface area contributed by atoms with Gasteiger partial charge in [-0.05, 0) is 42.2 Å². The quantitative estimate of drug-likeness (QED) is 0.363. The molecular weight excluding hydrogens is 362 g/mol. The molecule has 2 rings (SSSR count). The second-order valence-corrected chi connectivity index (χ2v) is 6.06. The SMILES string of the molecule is COc1ccc(NC(=O)C(=O)N/N=C\c2ccc(SC)cc2)cc1Cl. The summed E-state index contributed by atoms with van der Waals surface area (Å²) in [5, 5.41) is 6.52. The zero-order valence-electron chi connectivity index (χ0n) is 13.6. The molecule has 0 fully saturated rings. The maximum Gasteiger partial charge on any atom is 0.329 e. The highest BCUT2D eigenvalue weighted by molar-refractivity contribution is 7.98. The molecule has 2 N–H and O–H groups in total. The van der Waals surface area contributed by atoms with Gasteiger partial charge in [0.15, 0.2) is 0 Å². The maximum atomic E-state index is 11.8. The van der Waals surface area contributed by atoms with Crippen molar-refractivity contribution in [2.75, 3.05) is 18.7 Å². The lowest BCUT2D eigenvalue weighted by atomic mass is 10.2. The summed E-state index contributed by atoms with van der Waals surface area (Å²) in [6, 6.07) is 12.3. The summed E-state index contributed by atoms with van der Waals surface area (Å²) < 4.78 is 5.02. The van der Waals surface area contributed by atoms with Crippen LogP contribution in [-0.4, -0.2) is 31.4 Å². The number of rotatable bonds is 5. The van der Waals surface area contributed by atoms with E-state index in [2.05, 4.69) is 15.8 Å². The normalized spacial score (nSPS) is 10.5. The molecule has 2 aromatic carbocycles. The fraction of sp³-hybridized carbons (Fsp3) is 0.118. The molecule has 130 valence electrons. The van der Waals surface area contributed by atoms with Crippen molar-refractivity contribution in [2.45, 2.75) is 4.90 Å². The van der Waals surface area contributed by atoms with Gasteiger partial charge in [0, 0.05) is 10.6 Å². The van der Waals surface area contributed by atoms with Crippen LogP contribution in [0, 0.1) is 0 Å². The van der Waals surface area contributed by atoms with Crippen LogP contribution in [0.3, 0.4) is 0 Å². The first-order valence-electron chi connectivity index (χ1n) is 7.15. The molecule has 0 unspecified atom stereocenters. The maximum absolute atomic E-state index is 11.8. The molecule has 8 heteroatoms. The number of nitrogens with one attached hydrogen (secondary N) is 2. The molecule has 0 bridgehead atoms. The van der Waals surface area contributed by atoms with Crippen molar-refractivity contribution in [1.82, 2.24) is 5.43 Å². The first-order chi connectivity index (χ1) is 12.0. The van der Waals surface area contributed by atoms with Crippen LogP contribution in [0.5, 0.6) is 5.75 Å². The molecule has 0 aliphatic carbocycles. The molecule has 0 saturated heterocycles. The van der Waals surface area contributed by atoms with Crippen molar-refractivity contribution in [2.24, 2.45) is 5.10 Å². The Bertz CT molecular complexity index is 794. The van der Waals surface area contributed by atoms with Crippen LogP contribution in [0.15, 0.2) is 52.5 Å². The van der Waals surface area contributed by atoms with E-state index in [9.17, 15) is 9.59 Å². The van der Waals surface area contributed by atoms with Gasteiger partial charge in [0.1, 0.15) is 5.75 Å². The van der Waals surface area contributed by atoms with Crippen molar-refractivity contribution in [3.05, 3.63) is 53.1 Å². The lowest BCUT2D eigenvalue weighted by Gasteiger charge is -2.07. The molecule has 0 saturated carbocycles. The Morgan fingerprint density at radius 3 is 2.48 bits per heavy atom. The zero-order valence-corrected chi connectivity index (χ0v) is 15.1. The first-order valence-corrected chi connectivity index (χ1v) is 8.75. The number of anilines is 1. The van der Waals surface area contributed by atoms with E-state index >= 15 is 0 Å². The molecule has 2 amide bonds. The highest BCUT2D eigenvalue weighted by Crippen LogP contribution is 2.27. The number of ether oxygens (including phenoxy) is 1. The standard InChI is InChI=1S/C17H16ClN3O3S/c1-24-15-8-5-12(9-14(15)18)20-16(22)17(23)21-19-10-11-3-6-13(25-2)7-4-11/h3-10H,1-2H3,(H,20,22)(H,21,23)/b19-10-. The fourth-order valence-corrected chi connectivity index (χ4v) is 2.50. The van der Waals surface area contributed by atoms with Gasteiger partial charge in [-0.3, -0.25) is 9.59 Å². The molecule has 2 aromatic rings. The second-order valence-electron chi connectivity index (χ2n) is 4.78. The largest absolute Gasteiger partial charge is 0.495 e. The Hall–Kier alpha value is -2.51. The van der Waals surface area contributed by atoms with E-state index in [1.165, 1.54) is 19.4 Å². The number of carbonyl (C=O) groups is 2.